The van der Waals surface area contributed by atoms with Crippen molar-refractivity contribution in [1.29, 1.82) is 0 Å². The summed E-state index contributed by atoms with van der Waals surface area (Å²) in [5.41, 5.74) is 1.53. The van der Waals surface area contributed by atoms with Gasteiger partial charge in [0, 0.05) is 17.8 Å². The third-order valence-corrected chi connectivity index (χ3v) is 2.74. The van der Waals surface area contributed by atoms with E-state index in [9.17, 15) is 8.42 Å². The Hall–Kier alpha value is -1.56. The van der Waals surface area contributed by atoms with Crippen molar-refractivity contribution in [3.63, 3.8) is 0 Å². The van der Waals surface area contributed by atoms with Gasteiger partial charge in [-0.05, 0) is 24.3 Å². The highest BCUT2D eigenvalue weighted by Crippen LogP contribution is 2.11. The maximum absolute atomic E-state index is 11.0. The molecule has 1 aliphatic rings. The van der Waals surface area contributed by atoms with Crippen molar-refractivity contribution in [2.75, 3.05) is 24.1 Å². The largest absolute Gasteiger partial charge is 0.368 e. The Bertz CT molecular complexity index is 505. The van der Waals surface area contributed by atoms with Crippen LogP contribution in [0.3, 0.4) is 0 Å². The molecule has 0 unspecified atom stereocenters. The lowest BCUT2D eigenvalue weighted by Gasteiger charge is -2.05. The fourth-order valence-corrected chi connectivity index (χ4v) is 2.07. The maximum Gasteiger partial charge on any atom is 0.229 e. The first kappa shape index (κ1) is 10.9. The number of nitrogens with zero attached hydrogens (tertiary/aromatic N) is 1. The summed E-state index contributed by atoms with van der Waals surface area (Å²) in [5.74, 6) is 0.867. The SMILES string of the molecule is CS(=O)(=O)Nc1ccc(C2=NCCN2)cc1. The van der Waals surface area contributed by atoms with Gasteiger partial charge >= 0.3 is 0 Å². The zero-order chi connectivity index (χ0) is 11.6. The van der Waals surface area contributed by atoms with Crippen molar-refractivity contribution in [1.82, 2.24) is 5.32 Å². The predicted molar refractivity (Wildman–Crippen MR) is 64.3 cm³/mol. The van der Waals surface area contributed by atoms with Crippen LogP contribution in [0.4, 0.5) is 5.69 Å². The summed E-state index contributed by atoms with van der Waals surface area (Å²) in [6, 6.07) is 7.12. The molecule has 86 valence electrons. The van der Waals surface area contributed by atoms with Crippen LogP contribution in [-0.2, 0) is 10.0 Å². The number of amidine groups is 1. The van der Waals surface area contributed by atoms with Gasteiger partial charge in [-0.25, -0.2) is 8.42 Å². The fourth-order valence-electron chi connectivity index (χ4n) is 1.50. The number of hydrogen-bond donors (Lipinski definition) is 2. The topological polar surface area (TPSA) is 70.6 Å². The molecule has 16 heavy (non-hydrogen) atoms. The van der Waals surface area contributed by atoms with Gasteiger partial charge in [0.15, 0.2) is 0 Å². The number of sulfonamides is 1. The van der Waals surface area contributed by atoms with E-state index in [1.54, 1.807) is 12.1 Å². The Labute approximate surface area is 94.6 Å². The normalized spacial score (nSPS) is 15.4. The molecule has 0 saturated heterocycles. The molecule has 0 bridgehead atoms. The Kier molecular flexibility index (Phi) is 2.82. The Balaban J connectivity index is 2.16. The Morgan fingerprint density at radius 2 is 2.00 bits per heavy atom. The number of benzene rings is 1. The molecule has 1 aliphatic heterocycles. The minimum absolute atomic E-state index is 0.560. The summed E-state index contributed by atoms with van der Waals surface area (Å²) in [6.07, 6.45) is 1.13. The van der Waals surface area contributed by atoms with Crippen LogP contribution in [0.2, 0.25) is 0 Å². The highest BCUT2D eigenvalue weighted by molar-refractivity contribution is 7.92. The zero-order valence-electron chi connectivity index (χ0n) is 8.90. The minimum Gasteiger partial charge on any atom is -0.368 e. The van der Waals surface area contributed by atoms with Gasteiger partial charge < -0.3 is 5.32 Å². The molecular formula is C10H13N3O2S. The molecule has 0 saturated carbocycles. The van der Waals surface area contributed by atoms with Gasteiger partial charge in [0.2, 0.25) is 10.0 Å². The highest BCUT2D eigenvalue weighted by atomic mass is 32.2. The lowest BCUT2D eigenvalue weighted by atomic mass is 10.2. The molecule has 1 heterocycles. The highest BCUT2D eigenvalue weighted by Gasteiger charge is 2.08. The van der Waals surface area contributed by atoms with Gasteiger partial charge in [-0.15, -0.1) is 0 Å². The van der Waals surface area contributed by atoms with E-state index in [0.717, 1.165) is 30.7 Å². The lowest BCUT2D eigenvalue weighted by Crippen LogP contribution is -2.19. The number of aliphatic imine (C=N–C) groups is 1. The van der Waals surface area contributed by atoms with Crippen molar-refractivity contribution in [2.45, 2.75) is 0 Å². The molecule has 0 aliphatic carbocycles. The molecule has 1 aromatic carbocycles. The third-order valence-electron chi connectivity index (χ3n) is 2.14. The van der Waals surface area contributed by atoms with Crippen molar-refractivity contribution in [3.8, 4) is 0 Å². The van der Waals surface area contributed by atoms with Crippen LogP contribution in [0, 0.1) is 0 Å². The van der Waals surface area contributed by atoms with E-state index in [0.29, 0.717) is 5.69 Å². The van der Waals surface area contributed by atoms with Gasteiger partial charge in [0.05, 0.1) is 12.8 Å². The summed E-state index contributed by atoms with van der Waals surface area (Å²) in [7, 11) is -3.20. The molecule has 1 aromatic rings. The predicted octanol–water partition coefficient (Wildman–Crippen LogP) is 0.408. The number of anilines is 1. The standard InChI is InChI=1S/C10H13N3O2S/c1-16(14,15)13-9-4-2-8(3-5-9)10-11-6-7-12-10/h2-5,13H,6-7H2,1H3,(H,11,12). The maximum atomic E-state index is 11.0. The molecule has 2 N–H and O–H groups in total. The summed E-state index contributed by atoms with van der Waals surface area (Å²) in [6.45, 7) is 1.65. The lowest BCUT2D eigenvalue weighted by molar-refractivity contribution is 0.607. The first-order valence-corrected chi connectivity index (χ1v) is 6.80. The number of nitrogens with one attached hydrogen (secondary N) is 2. The Morgan fingerprint density at radius 1 is 1.31 bits per heavy atom. The van der Waals surface area contributed by atoms with Crippen LogP contribution in [0.15, 0.2) is 29.3 Å². The molecule has 0 radical (unpaired) electrons. The van der Waals surface area contributed by atoms with E-state index >= 15 is 0 Å². The first-order valence-electron chi connectivity index (χ1n) is 4.91. The van der Waals surface area contributed by atoms with Gasteiger partial charge in [-0.3, -0.25) is 9.71 Å². The molecule has 6 heteroatoms. The summed E-state index contributed by atoms with van der Waals surface area (Å²) in [5, 5.41) is 3.15. The van der Waals surface area contributed by atoms with Crippen LogP contribution in [-0.4, -0.2) is 33.6 Å². The fraction of sp³-hybridized carbons (Fsp3) is 0.300. The van der Waals surface area contributed by atoms with Crippen LogP contribution in [0.1, 0.15) is 5.56 Å². The van der Waals surface area contributed by atoms with Crippen LogP contribution in [0.5, 0.6) is 0 Å². The van der Waals surface area contributed by atoms with E-state index in [-0.39, 0.29) is 0 Å². The van der Waals surface area contributed by atoms with Crippen molar-refractivity contribution >= 4 is 21.5 Å². The average molecular weight is 239 g/mol. The molecule has 5 nitrogen and oxygen atoms in total. The van der Waals surface area contributed by atoms with Gasteiger partial charge in [0.1, 0.15) is 5.84 Å². The van der Waals surface area contributed by atoms with Crippen LogP contribution >= 0.6 is 0 Å². The van der Waals surface area contributed by atoms with Gasteiger partial charge in [-0.1, -0.05) is 0 Å². The van der Waals surface area contributed by atoms with E-state index in [4.69, 9.17) is 0 Å². The number of hydrogen-bond acceptors (Lipinski definition) is 4. The summed E-state index contributed by atoms with van der Waals surface area (Å²) >= 11 is 0. The molecule has 0 amide bonds. The monoisotopic (exact) mass is 239 g/mol. The van der Waals surface area contributed by atoms with E-state index in [1.165, 1.54) is 0 Å². The van der Waals surface area contributed by atoms with Crippen molar-refractivity contribution in [3.05, 3.63) is 29.8 Å². The second kappa shape index (κ2) is 4.13. The smallest absolute Gasteiger partial charge is 0.229 e. The van der Waals surface area contributed by atoms with Crippen LogP contribution in [0.25, 0.3) is 0 Å². The Morgan fingerprint density at radius 3 is 2.50 bits per heavy atom. The summed E-state index contributed by atoms with van der Waals surface area (Å²) < 4.78 is 24.4. The molecule has 0 aromatic heterocycles. The van der Waals surface area contributed by atoms with Crippen molar-refractivity contribution in [2.24, 2.45) is 4.99 Å². The molecule has 0 fully saturated rings. The van der Waals surface area contributed by atoms with Crippen LogP contribution < -0.4 is 10.0 Å². The quantitative estimate of drug-likeness (QED) is 0.802. The van der Waals surface area contributed by atoms with Gasteiger partial charge in [-0.2, -0.15) is 0 Å². The zero-order valence-corrected chi connectivity index (χ0v) is 9.71. The molecular weight excluding hydrogens is 226 g/mol. The second-order valence-electron chi connectivity index (χ2n) is 3.61. The van der Waals surface area contributed by atoms with E-state index in [1.807, 2.05) is 12.1 Å². The molecule has 0 atom stereocenters. The van der Waals surface area contributed by atoms with E-state index in [2.05, 4.69) is 15.0 Å². The van der Waals surface area contributed by atoms with Crippen molar-refractivity contribution < 1.29 is 8.42 Å². The van der Waals surface area contributed by atoms with Gasteiger partial charge in [0.25, 0.3) is 0 Å². The minimum atomic E-state index is -3.20. The molecule has 0 spiro atoms. The molecule has 2 rings (SSSR count). The van der Waals surface area contributed by atoms with E-state index < -0.39 is 10.0 Å². The third kappa shape index (κ3) is 2.73. The number of rotatable bonds is 3. The second-order valence-corrected chi connectivity index (χ2v) is 5.36. The first-order chi connectivity index (χ1) is 7.54. The summed E-state index contributed by atoms with van der Waals surface area (Å²) in [4.78, 5) is 4.28. The average Bonchev–Trinajstić information content (AvgIpc) is 2.69.